The molecule has 9 heteroatoms. The Balaban J connectivity index is 2.34. The first-order valence-electron chi connectivity index (χ1n) is 8.58. The van der Waals surface area contributed by atoms with Crippen molar-refractivity contribution in [2.75, 3.05) is 6.61 Å². The molecule has 0 bridgehead atoms. The molecule has 1 aliphatic rings. The fourth-order valence-corrected chi connectivity index (χ4v) is 3.12. The van der Waals surface area contributed by atoms with E-state index in [1.807, 2.05) is 0 Å². The lowest BCUT2D eigenvalue weighted by molar-refractivity contribution is -0.141. The molecule has 1 saturated heterocycles. The average Bonchev–Trinajstić information content (AvgIpc) is 2.75. The first-order chi connectivity index (χ1) is 12.2. The zero-order valence-electron chi connectivity index (χ0n) is 16.0. The van der Waals surface area contributed by atoms with E-state index < -0.39 is 41.4 Å². The molecule has 0 radical (unpaired) electrons. The molecule has 1 fully saturated rings. The number of pyridine rings is 1. The Labute approximate surface area is 156 Å². The highest BCUT2D eigenvalue weighted by Crippen LogP contribution is 2.36. The first-order valence-corrected chi connectivity index (χ1v) is 8.58. The largest absolute Gasteiger partial charge is 0.444 e. The molecule has 1 aliphatic heterocycles. The molecule has 6 nitrogen and oxygen atoms in total. The van der Waals surface area contributed by atoms with Crippen LogP contribution < -0.4 is 0 Å². The zero-order chi connectivity index (χ0) is 20.6. The van der Waals surface area contributed by atoms with E-state index in [9.17, 15) is 23.1 Å². The smallest absolute Gasteiger partial charge is 0.433 e. The van der Waals surface area contributed by atoms with Crippen LogP contribution in [-0.4, -0.2) is 51.2 Å². The van der Waals surface area contributed by atoms with Gasteiger partial charge in [-0.05, 0) is 58.7 Å². The molecule has 27 heavy (non-hydrogen) atoms. The van der Waals surface area contributed by atoms with E-state index >= 15 is 0 Å². The number of alkyl halides is 3. The van der Waals surface area contributed by atoms with Crippen LogP contribution in [0.25, 0.3) is 0 Å². The molecule has 0 aliphatic carbocycles. The van der Waals surface area contributed by atoms with E-state index in [4.69, 9.17) is 9.47 Å². The van der Waals surface area contributed by atoms with Gasteiger partial charge in [-0.3, -0.25) is 9.88 Å². The van der Waals surface area contributed by atoms with Crippen LogP contribution in [0.15, 0.2) is 18.3 Å². The van der Waals surface area contributed by atoms with Crippen molar-refractivity contribution >= 4 is 6.09 Å². The number of rotatable bonds is 3. The summed E-state index contributed by atoms with van der Waals surface area (Å²) < 4.78 is 50.0. The second-order valence-electron chi connectivity index (χ2n) is 7.95. The fourth-order valence-electron chi connectivity index (χ4n) is 3.12. The highest BCUT2D eigenvalue weighted by molar-refractivity contribution is 5.70. The molecular weight excluding hydrogens is 365 g/mol. The van der Waals surface area contributed by atoms with E-state index in [0.29, 0.717) is 5.56 Å². The molecule has 152 valence electrons. The molecule has 0 spiro atoms. The van der Waals surface area contributed by atoms with Gasteiger partial charge in [0, 0.05) is 6.20 Å². The Kier molecular flexibility index (Phi) is 5.77. The van der Waals surface area contributed by atoms with Gasteiger partial charge in [-0.25, -0.2) is 4.79 Å². The average molecular weight is 390 g/mol. The van der Waals surface area contributed by atoms with Crippen LogP contribution in [0.3, 0.4) is 0 Å². The standard InChI is InChI=1S/C18H25F3N2O4/c1-16(2,3)27-15(25)23-12(13(10-24)26-17(23,4)5)8-11-6-7-22-14(9-11)18(19,20)21/h6-7,9,12-13,24H,8,10H2,1-5H3/t12-,13+/m0/s1. The highest BCUT2D eigenvalue weighted by atomic mass is 19.4. The zero-order valence-corrected chi connectivity index (χ0v) is 16.0. The van der Waals surface area contributed by atoms with Crippen LogP contribution in [0, 0.1) is 0 Å². The van der Waals surface area contributed by atoms with Crippen molar-refractivity contribution in [2.24, 2.45) is 0 Å². The molecule has 1 aromatic rings. The minimum Gasteiger partial charge on any atom is -0.444 e. The van der Waals surface area contributed by atoms with Gasteiger partial charge in [0.15, 0.2) is 0 Å². The van der Waals surface area contributed by atoms with Crippen molar-refractivity contribution < 1.29 is 32.5 Å². The maximum Gasteiger partial charge on any atom is 0.433 e. The predicted octanol–water partition coefficient (Wildman–Crippen LogP) is 3.38. The third-order valence-electron chi connectivity index (χ3n) is 4.11. The van der Waals surface area contributed by atoms with Crippen molar-refractivity contribution in [3.63, 3.8) is 0 Å². The summed E-state index contributed by atoms with van der Waals surface area (Å²) in [6, 6.07) is 1.69. The first kappa shape index (κ1) is 21.4. The van der Waals surface area contributed by atoms with Crippen LogP contribution in [0.2, 0.25) is 0 Å². The number of amides is 1. The molecule has 1 aromatic heterocycles. The monoisotopic (exact) mass is 390 g/mol. The SMILES string of the molecule is CC(C)(C)OC(=O)N1[C@@H](Cc2ccnc(C(F)(F)F)c2)[C@@H](CO)OC1(C)C. The quantitative estimate of drug-likeness (QED) is 0.857. The van der Waals surface area contributed by atoms with E-state index in [0.717, 1.165) is 12.3 Å². The third-order valence-corrected chi connectivity index (χ3v) is 4.11. The number of hydrogen-bond acceptors (Lipinski definition) is 5. The minimum absolute atomic E-state index is 0.0551. The lowest BCUT2D eigenvalue weighted by atomic mass is 10.0. The van der Waals surface area contributed by atoms with Gasteiger partial charge in [0.25, 0.3) is 0 Å². The molecule has 1 N–H and O–H groups in total. The predicted molar refractivity (Wildman–Crippen MR) is 90.8 cm³/mol. The van der Waals surface area contributed by atoms with Crippen LogP contribution in [-0.2, 0) is 22.1 Å². The van der Waals surface area contributed by atoms with Crippen molar-refractivity contribution in [3.05, 3.63) is 29.6 Å². The maximum atomic E-state index is 12.9. The van der Waals surface area contributed by atoms with Gasteiger partial charge in [0.05, 0.1) is 12.6 Å². The summed E-state index contributed by atoms with van der Waals surface area (Å²) in [5.74, 6) is 0. The number of aliphatic hydroxyl groups is 1. The molecule has 1 amide bonds. The number of aliphatic hydroxyl groups excluding tert-OH is 1. The Bertz CT molecular complexity index is 686. The van der Waals surface area contributed by atoms with Crippen molar-refractivity contribution in [2.45, 2.75) is 70.7 Å². The fraction of sp³-hybridized carbons (Fsp3) is 0.667. The number of aromatic nitrogens is 1. The van der Waals surface area contributed by atoms with E-state index in [1.54, 1.807) is 34.6 Å². The number of hydrogen-bond donors (Lipinski definition) is 1. The van der Waals surface area contributed by atoms with E-state index in [2.05, 4.69) is 4.98 Å². The normalized spacial score (nSPS) is 22.8. The van der Waals surface area contributed by atoms with Gasteiger partial charge in [0.2, 0.25) is 0 Å². The van der Waals surface area contributed by atoms with Crippen LogP contribution in [0.1, 0.15) is 45.9 Å². The number of ether oxygens (including phenoxy) is 2. The lowest BCUT2D eigenvalue weighted by Crippen LogP contribution is -2.51. The topological polar surface area (TPSA) is 71.9 Å². The minimum atomic E-state index is -4.57. The lowest BCUT2D eigenvalue weighted by Gasteiger charge is -2.35. The van der Waals surface area contributed by atoms with E-state index in [1.165, 1.54) is 11.0 Å². The van der Waals surface area contributed by atoms with Gasteiger partial charge in [-0.1, -0.05) is 0 Å². The summed E-state index contributed by atoms with van der Waals surface area (Å²) in [7, 11) is 0. The Hall–Kier alpha value is -1.87. The summed E-state index contributed by atoms with van der Waals surface area (Å²) in [4.78, 5) is 17.4. The molecular formula is C18H25F3N2O4. The molecule has 0 unspecified atom stereocenters. The summed E-state index contributed by atoms with van der Waals surface area (Å²) in [5.41, 5.74) is -2.52. The summed E-state index contributed by atoms with van der Waals surface area (Å²) in [6.45, 7) is 8.05. The molecule has 2 atom stereocenters. The third kappa shape index (κ3) is 5.10. The molecule has 0 aromatic carbocycles. The van der Waals surface area contributed by atoms with Crippen LogP contribution in [0.5, 0.6) is 0 Å². The van der Waals surface area contributed by atoms with Gasteiger partial charge in [0.1, 0.15) is 23.1 Å². The molecule has 0 saturated carbocycles. The maximum absolute atomic E-state index is 12.9. The van der Waals surface area contributed by atoms with Gasteiger partial charge in [-0.15, -0.1) is 0 Å². The Morgan fingerprint density at radius 2 is 2.00 bits per heavy atom. The van der Waals surface area contributed by atoms with Gasteiger partial charge < -0.3 is 14.6 Å². The second-order valence-corrected chi connectivity index (χ2v) is 7.95. The number of carbonyl (C=O) groups excluding carboxylic acids is 1. The van der Waals surface area contributed by atoms with E-state index in [-0.39, 0.29) is 13.0 Å². The second kappa shape index (κ2) is 7.27. The number of nitrogens with zero attached hydrogens (tertiary/aromatic N) is 2. The van der Waals surface area contributed by atoms with Crippen molar-refractivity contribution in [3.8, 4) is 0 Å². The van der Waals surface area contributed by atoms with Crippen molar-refractivity contribution in [1.29, 1.82) is 0 Å². The summed E-state index contributed by atoms with van der Waals surface area (Å²) >= 11 is 0. The van der Waals surface area contributed by atoms with Crippen molar-refractivity contribution in [1.82, 2.24) is 9.88 Å². The molecule has 2 rings (SSSR count). The van der Waals surface area contributed by atoms with Crippen LogP contribution >= 0.6 is 0 Å². The number of halogens is 3. The van der Waals surface area contributed by atoms with Gasteiger partial charge in [-0.2, -0.15) is 13.2 Å². The Morgan fingerprint density at radius 3 is 2.52 bits per heavy atom. The summed E-state index contributed by atoms with van der Waals surface area (Å²) in [5, 5.41) is 9.67. The highest BCUT2D eigenvalue weighted by Gasteiger charge is 2.51. The van der Waals surface area contributed by atoms with Crippen LogP contribution in [0.4, 0.5) is 18.0 Å². The van der Waals surface area contributed by atoms with Gasteiger partial charge >= 0.3 is 12.3 Å². The molecule has 2 heterocycles. The number of carbonyl (C=O) groups is 1. The summed E-state index contributed by atoms with van der Waals surface area (Å²) in [6.07, 6.45) is -4.85. The Morgan fingerprint density at radius 1 is 1.37 bits per heavy atom.